The number of amides is 2. The number of aliphatic hydroxyl groups excluding tert-OH is 1. The number of aromatic nitrogens is 1. The number of likely N-dealkylation sites (N-methyl/N-ethyl adjacent to an activating group) is 1. The lowest BCUT2D eigenvalue weighted by Gasteiger charge is -2.29. The lowest BCUT2D eigenvalue weighted by atomic mass is 10.0. The number of carbonyl (C=O) groups excluding carboxylic acids is 2. The van der Waals surface area contributed by atoms with Crippen molar-refractivity contribution in [2.75, 3.05) is 13.1 Å². The molecule has 0 bridgehead atoms. The Hall–Kier alpha value is -2.71. The summed E-state index contributed by atoms with van der Waals surface area (Å²) in [5.41, 5.74) is 4.52. The molecule has 1 aromatic carbocycles. The van der Waals surface area contributed by atoms with Crippen molar-refractivity contribution in [1.29, 1.82) is 0 Å². The number of hydrogen-bond acceptors (Lipinski definition) is 6. The summed E-state index contributed by atoms with van der Waals surface area (Å²) in [6.45, 7) is 6.36. The lowest BCUT2D eigenvalue weighted by molar-refractivity contribution is -0.127. The van der Waals surface area contributed by atoms with Crippen molar-refractivity contribution in [3.63, 3.8) is 0 Å². The van der Waals surface area contributed by atoms with Crippen LogP contribution in [0, 0.1) is 6.92 Å². The zero-order chi connectivity index (χ0) is 21.9. The van der Waals surface area contributed by atoms with E-state index in [4.69, 9.17) is 4.52 Å². The van der Waals surface area contributed by atoms with Gasteiger partial charge in [-0.1, -0.05) is 49.3 Å². The molecule has 0 aliphatic carbocycles. The minimum atomic E-state index is -0.882. The normalized spacial score (nSPS) is 13.1. The molecule has 30 heavy (non-hydrogen) atoms. The van der Waals surface area contributed by atoms with Crippen molar-refractivity contribution in [3.8, 4) is 0 Å². The van der Waals surface area contributed by atoms with Crippen LogP contribution >= 0.6 is 0 Å². The molecule has 0 aliphatic heterocycles. The number of benzene rings is 1. The fraction of sp³-hybridized carbons (Fsp3) is 0.500. The van der Waals surface area contributed by atoms with Crippen LogP contribution in [0.1, 0.15) is 43.7 Å². The number of carbonyl (C=O) groups is 2. The van der Waals surface area contributed by atoms with E-state index in [-0.39, 0.29) is 24.8 Å². The van der Waals surface area contributed by atoms with Crippen LogP contribution in [-0.2, 0) is 22.4 Å². The van der Waals surface area contributed by atoms with Crippen LogP contribution in [-0.4, -0.2) is 52.3 Å². The van der Waals surface area contributed by atoms with Gasteiger partial charge in [0.2, 0.25) is 11.8 Å². The zero-order valence-electron chi connectivity index (χ0n) is 17.9. The molecule has 2 atom stereocenters. The maximum atomic E-state index is 12.6. The first-order chi connectivity index (χ1) is 14.4. The van der Waals surface area contributed by atoms with Gasteiger partial charge in [0.25, 0.3) is 0 Å². The average Bonchev–Trinajstić information content (AvgIpc) is 3.12. The second-order valence-electron chi connectivity index (χ2n) is 7.37. The minimum Gasteiger partial charge on any atom is -0.390 e. The summed E-state index contributed by atoms with van der Waals surface area (Å²) in [6.07, 6.45) is 0.799. The van der Waals surface area contributed by atoms with Gasteiger partial charge in [0, 0.05) is 25.6 Å². The molecular formula is C22H32N4O4. The molecule has 2 aromatic rings. The van der Waals surface area contributed by atoms with Gasteiger partial charge in [-0.3, -0.25) is 15.0 Å². The molecule has 8 nitrogen and oxygen atoms in total. The van der Waals surface area contributed by atoms with Gasteiger partial charge in [0.05, 0.1) is 24.3 Å². The van der Waals surface area contributed by atoms with Gasteiger partial charge in [0.15, 0.2) is 0 Å². The molecule has 0 spiro atoms. The van der Waals surface area contributed by atoms with Crippen LogP contribution in [0.5, 0.6) is 0 Å². The number of nitrogens with one attached hydrogen (secondary N) is 2. The van der Waals surface area contributed by atoms with Crippen molar-refractivity contribution in [3.05, 3.63) is 53.4 Å². The Balaban J connectivity index is 2.05. The molecule has 0 unspecified atom stereocenters. The third kappa shape index (κ3) is 7.96. The second-order valence-corrected chi connectivity index (χ2v) is 7.37. The molecule has 3 N–H and O–H groups in total. The van der Waals surface area contributed by atoms with E-state index in [0.717, 1.165) is 12.0 Å². The van der Waals surface area contributed by atoms with Crippen LogP contribution in [0.4, 0.5) is 0 Å². The van der Waals surface area contributed by atoms with Crippen LogP contribution in [0.15, 0.2) is 40.9 Å². The standard InChI is InChI=1S/C22H32N4O4/c1-4-9-21(28)24-26(5-2)15-20(27)19(13-17-10-7-6-8-11-17)23-22(29)14-18-12-16(3)25-30-18/h6-8,10-12,19-20,27H,4-5,9,13-15H2,1-3H3,(H,23,29)(H,24,28)/t19-,20-/m0/s1. The van der Waals surface area contributed by atoms with Crippen molar-refractivity contribution >= 4 is 11.8 Å². The van der Waals surface area contributed by atoms with E-state index in [1.165, 1.54) is 0 Å². The predicted octanol–water partition coefficient (Wildman–Crippen LogP) is 1.77. The van der Waals surface area contributed by atoms with E-state index in [9.17, 15) is 14.7 Å². The first-order valence-corrected chi connectivity index (χ1v) is 10.4. The van der Waals surface area contributed by atoms with Crippen molar-refractivity contribution in [1.82, 2.24) is 20.9 Å². The molecule has 1 aromatic heterocycles. The highest BCUT2D eigenvalue weighted by Gasteiger charge is 2.25. The number of nitrogens with zero attached hydrogens (tertiary/aromatic N) is 2. The maximum Gasteiger partial charge on any atom is 0.234 e. The first kappa shape index (κ1) is 23.6. The van der Waals surface area contributed by atoms with E-state index in [0.29, 0.717) is 30.8 Å². The van der Waals surface area contributed by atoms with Gasteiger partial charge >= 0.3 is 0 Å². The van der Waals surface area contributed by atoms with E-state index in [1.807, 2.05) is 44.2 Å². The predicted molar refractivity (Wildman–Crippen MR) is 113 cm³/mol. The molecule has 2 amide bonds. The summed E-state index contributed by atoms with van der Waals surface area (Å²) < 4.78 is 5.11. The van der Waals surface area contributed by atoms with E-state index < -0.39 is 12.1 Å². The summed E-state index contributed by atoms with van der Waals surface area (Å²) in [5, 5.41) is 19.3. The van der Waals surface area contributed by atoms with Gasteiger partial charge in [-0.2, -0.15) is 0 Å². The molecule has 8 heteroatoms. The fourth-order valence-corrected chi connectivity index (χ4v) is 3.13. The van der Waals surface area contributed by atoms with Crippen molar-refractivity contribution in [2.24, 2.45) is 0 Å². The Morgan fingerprint density at radius 1 is 1.20 bits per heavy atom. The Labute approximate surface area is 177 Å². The molecule has 0 aliphatic rings. The molecule has 0 saturated carbocycles. The van der Waals surface area contributed by atoms with Crippen LogP contribution < -0.4 is 10.7 Å². The Morgan fingerprint density at radius 3 is 2.53 bits per heavy atom. The summed E-state index contributed by atoms with van der Waals surface area (Å²) in [4.78, 5) is 24.5. The Kier molecular flexibility index (Phi) is 9.50. The van der Waals surface area contributed by atoms with E-state index in [1.54, 1.807) is 18.0 Å². The molecule has 164 valence electrons. The van der Waals surface area contributed by atoms with Gasteiger partial charge in [-0.15, -0.1) is 0 Å². The molecule has 0 radical (unpaired) electrons. The van der Waals surface area contributed by atoms with Crippen LogP contribution in [0.25, 0.3) is 0 Å². The van der Waals surface area contributed by atoms with E-state index in [2.05, 4.69) is 15.9 Å². The SMILES string of the molecule is CCCC(=O)NN(CC)C[C@H](O)[C@H](Cc1ccccc1)NC(=O)Cc1cc(C)no1. The third-order valence-electron chi connectivity index (χ3n) is 4.67. The smallest absolute Gasteiger partial charge is 0.234 e. The van der Waals surface area contributed by atoms with Gasteiger partial charge < -0.3 is 14.9 Å². The third-order valence-corrected chi connectivity index (χ3v) is 4.67. The highest BCUT2D eigenvalue weighted by Crippen LogP contribution is 2.09. The zero-order valence-corrected chi connectivity index (χ0v) is 17.9. The number of aliphatic hydroxyl groups is 1. The summed E-state index contributed by atoms with van der Waals surface area (Å²) in [5.74, 6) is 0.125. The van der Waals surface area contributed by atoms with Crippen molar-refractivity contribution < 1.29 is 19.2 Å². The molecule has 0 fully saturated rings. The fourth-order valence-electron chi connectivity index (χ4n) is 3.13. The van der Waals surface area contributed by atoms with Crippen molar-refractivity contribution in [2.45, 2.75) is 58.6 Å². The molecular weight excluding hydrogens is 384 g/mol. The quantitative estimate of drug-likeness (QED) is 0.455. The van der Waals surface area contributed by atoms with Gasteiger partial charge in [0.1, 0.15) is 5.76 Å². The highest BCUT2D eigenvalue weighted by atomic mass is 16.5. The molecule has 2 rings (SSSR count). The minimum absolute atomic E-state index is 0.0452. The van der Waals surface area contributed by atoms with Crippen LogP contribution in [0.3, 0.4) is 0 Å². The second kappa shape index (κ2) is 12.1. The number of hydrogen-bond donors (Lipinski definition) is 3. The lowest BCUT2D eigenvalue weighted by Crippen LogP contribution is -2.53. The van der Waals surface area contributed by atoms with Gasteiger partial charge in [-0.05, 0) is 25.3 Å². The Bertz CT molecular complexity index is 793. The highest BCUT2D eigenvalue weighted by molar-refractivity contribution is 5.78. The average molecular weight is 417 g/mol. The summed E-state index contributed by atoms with van der Waals surface area (Å²) in [7, 11) is 0. The largest absolute Gasteiger partial charge is 0.390 e. The topological polar surface area (TPSA) is 108 Å². The number of hydrazine groups is 1. The van der Waals surface area contributed by atoms with Crippen LogP contribution in [0.2, 0.25) is 0 Å². The first-order valence-electron chi connectivity index (χ1n) is 10.4. The number of aryl methyl sites for hydroxylation is 1. The summed E-state index contributed by atoms with van der Waals surface area (Å²) >= 11 is 0. The molecule has 0 saturated heterocycles. The monoisotopic (exact) mass is 416 g/mol. The number of rotatable bonds is 12. The Morgan fingerprint density at radius 2 is 1.93 bits per heavy atom. The molecule has 1 heterocycles. The van der Waals surface area contributed by atoms with E-state index >= 15 is 0 Å². The summed E-state index contributed by atoms with van der Waals surface area (Å²) in [6, 6.07) is 10.8. The van der Waals surface area contributed by atoms with Gasteiger partial charge in [-0.25, -0.2) is 5.01 Å². The maximum absolute atomic E-state index is 12.6.